The molecule has 5 heteroatoms. The van der Waals surface area contributed by atoms with Crippen LogP contribution in [0.5, 0.6) is 0 Å². The molecule has 7 heavy (non-hydrogen) atoms. The third-order valence-corrected chi connectivity index (χ3v) is 2.01. The van der Waals surface area contributed by atoms with Crippen molar-refractivity contribution in [3.05, 3.63) is 12.0 Å². The fourth-order valence-corrected chi connectivity index (χ4v) is 0.274. The molecule has 0 aliphatic carbocycles. The molecule has 40 valence electrons. The second kappa shape index (κ2) is 2.19. The van der Waals surface area contributed by atoms with Gasteiger partial charge in [-0.05, 0) is 0 Å². The highest BCUT2D eigenvalue weighted by atomic mass is 32.7. The maximum absolute atomic E-state index is 9.93. The van der Waals surface area contributed by atoms with Crippen LogP contribution in [0, 0.1) is 0 Å². The van der Waals surface area contributed by atoms with Gasteiger partial charge in [0.15, 0.2) is 0 Å². The lowest BCUT2D eigenvalue weighted by Gasteiger charge is -1.71. The maximum Gasteiger partial charge on any atom is 0.295 e. The van der Waals surface area contributed by atoms with Crippen molar-refractivity contribution >= 4 is 17.1 Å². The minimum Gasteiger partial charge on any atom is -0.256 e. The first-order valence-corrected chi connectivity index (χ1v) is 4.31. The summed E-state index contributed by atoms with van der Waals surface area (Å²) in [5.41, 5.74) is 0. The van der Waals surface area contributed by atoms with Crippen molar-refractivity contribution in [1.29, 1.82) is 0 Å². The third kappa shape index (κ3) is 2.48. The largest absolute Gasteiger partial charge is 0.295 e. The minimum absolute atomic E-state index is 0.640. The zero-order valence-electron chi connectivity index (χ0n) is 3.36. The van der Waals surface area contributed by atoms with Gasteiger partial charge in [-0.3, -0.25) is 4.57 Å². The lowest BCUT2D eigenvalue weighted by molar-refractivity contribution is 0.592. The van der Waals surface area contributed by atoms with Crippen LogP contribution in [-0.2, 0) is 14.0 Å². The molecule has 0 atom stereocenters. The predicted molar refractivity (Wildman–Crippen MR) is 26.7 cm³/mol. The van der Waals surface area contributed by atoms with Crippen LogP contribution in [0.4, 0.5) is 0 Å². The van der Waals surface area contributed by atoms with Crippen LogP contribution >= 0.6 is 7.66 Å². The van der Waals surface area contributed by atoms with Gasteiger partial charge >= 0.3 is 0 Å². The van der Waals surface area contributed by atoms with Gasteiger partial charge < -0.3 is 0 Å². The van der Waals surface area contributed by atoms with Crippen LogP contribution in [0.25, 0.3) is 0 Å². The van der Waals surface area contributed by atoms with E-state index in [9.17, 15) is 13.0 Å². The Labute approximate surface area is 42.9 Å². The molecule has 3 nitrogen and oxygen atoms in total. The molecule has 0 rings (SSSR count). The molecule has 0 aliphatic heterocycles. The number of hydrogen-bond donors (Lipinski definition) is 0. The van der Waals surface area contributed by atoms with Crippen molar-refractivity contribution in [1.82, 2.24) is 0 Å². The highest BCUT2D eigenvalue weighted by molar-refractivity contribution is 8.41. The van der Waals surface area contributed by atoms with Gasteiger partial charge in [-0.15, -0.1) is 0 Å². The Bertz CT molecular complexity index is 153. The monoisotopic (exact) mass is 138 g/mol. The summed E-state index contributed by atoms with van der Waals surface area (Å²) in [7, 11) is -4.37. The summed E-state index contributed by atoms with van der Waals surface area (Å²) in [6, 6.07) is 0. The summed E-state index contributed by atoms with van der Waals surface area (Å²) in [5, 5.41) is 0.640. The van der Waals surface area contributed by atoms with Crippen LogP contribution < -0.4 is 0 Å². The average Bonchev–Trinajstić information content (AvgIpc) is 1.68. The van der Waals surface area contributed by atoms with Crippen molar-refractivity contribution in [3.8, 4) is 0 Å². The summed E-state index contributed by atoms with van der Waals surface area (Å²) < 4.78 is 29.3. The first-order valence-electron chi connectivity index (χ1n) is 1.34. The lowest BCUT2D eigenvalue weighted by atomic mass is 11.3. The summed E-state index contributed by atoms with van der Waals surface area (Å²) in [6.07, 6.45) is 0. The minimum atomic E-state index is -3.48. The Balaban J connectivity index is 4.49. The summed E-state index contributed by atoms with van der Waals surface area (Å²) in [6.45, 7) is 2.91. The van der Waals surface area contributed by atoms with E-state index >= 15 is 0 Å². The van der Waals surface area contributed by atoms with Gasteiger partial charge in [0.25, 0.3) is 17.1 Å². The van der Waals surface area contributed by atoms with E-state index in [2.05, 4.69) is 6.58 Å². The van der Waals surface area contributed by atoms with Gasteiger partial charge in [-0.2, -0.15) is 0 Å². The van der Waals surface area contributed by atoms with E-state index in [1.165, 1.54) is 0 Å². The van der Waals surface area contributed by atoms with Crippen LogP contribution in [-0.4, -0.2) is 8.42 Å². The van der Waals surface area contributed by atoms with Gasteiger partial charge in [0, 0.05) is 5.41 Å². The molecule has 0 unspecified atom stereocenters. The molecule has 0 fully saturated rings. The molecule has 0 aromatic carbocycles. The molecule has 0 aromatic rings. The van der Waals surface area contributed by atoms with Crippen molar-refractivity contribution in [3.63, 3.8) is 0 Å². The summed E-state index contributed by atoms with van der Waals surface area (Å²) in [4.78, 5) is 0. The zero-order valence-corrected chi connectivity index (χ0v) is 5.08. The third-order valence-electron chi connectivity index (χ3n) is 0.315. The Kier molecular flexibility index (Phi) is 2.12. The normalized spacial score (nSPS) is 11.4. The van der Waals surface area contributed by atoms with E-state index in [1.54, 1.807) is 0 Å². The standard InChI is InChI=1S/C2H3O3PS/c1-2-7(4,5)6-3/h2H,1H2. The van der Waals surface area contributed by atoms with Crippen molar-refractivity contribution in [2.45, 2.75) is 0 Å². The fraction of sp³-hybridized carbons (Fsp3) is 0. The van der Waals surface area contributed by atoms with Crippen LogP contribution in [0.1, 0.15) is 0 Å². The number of hydrogen-bond acceptors (Lipinski definition) is 3. The van der Waals surface area contributed by atoms with Gasteiger partial charge in [-0.1, -0.05) is 6.58 Å². The van der Waals surface area contributed by atoms with Gasteiger partial charge in [-0.25, -0.2) is 8.42 Å². The van der Waals surface area contributed by atoms with Crippen molar-refractivity contribution in [2.75, 3.05) is 0 Å². The van der Waals surface area contributed by atoms with Crippen LogP contribution in [0.3, 0.4) is 0 Å². The molecule has 0 amide bonds. The molecule has 0 heterocycles. The molecular formula is C2H3O3PS. The van der Waals surface area contributed by atoms with Crippen molar-refractivity contribution in [2.24, 2.45) is 0 Å². The molecule has 0 saturated heterocycles. The molecular weight excluding hydrogens is 135 g/mol. The van der Waals surface area contributed by atoms with Crippen LogP contribution in [0.2, 0.25) is 0 Å². The summed E-state index contributed by atoms with van der Waals surface area (Å²) >= 11 is 0. The molecule has 0 N–H and O–H groups in total. The lowest BCUT2D eigenvalue weighted by Crippen LogP contribution is -1.75. The molecule has 0 aromatic heterocycles. The zero-order chi connectivity index (χ0) is 5.91. The maximum atomic E-state index is 9.93. The average molecular weight is 138 g/mol. The molecule has 0 spiro atoms. The van der Waals surface area contributed by atoms with Gasteiger partial charge in [0.1, 0.15) is 0 Å². The molecule has 0 aliphatic rings. The number of rotatable bonds is 2. The van der Waals surface area contributed by atoms with E-state index in [1.807, 2.05) is 0 Å². The predicted octanol–water partition coefficient (Wildman–Crippen LogP) is 0.751. The highest BCUT2D eigenvalue weighted by Crippen LogP contribution is 2.06. The Morgan fingerprint density at radius 3 is 2.00 bits per heavy atom. The SMILES string of the molecule is C=CS(=O)(=O)P=O. The highest BCUT2D eigenvalue weighted by Gasteiger charge is 1.98. The fourth-order valence-electron chi connectivity index (χ4n) is 0.0304. The smallest absolute Gasteiger partial charge is 0.256 e. The second-order valence-electron chi connectivity index (χ2n) is 0.756. The van der Waals surface area contributed by atoms with Gasteiger partial charge in [0.2, 0.25) is 0 Å². The molecule has 0 saturated carbocycles. The summed E-state index contributed by atoms with van der Waals surface area (Å²) in [5.74, 6) is 0. The topological polar surface area (TPSA) is 51.2 Å². The van der Waals surface area contributed by atoms with E-state index in [-0.39, 0.29) is 0 Å². The Morgan fingerprint density at radius 1 is 1.57 bits per heavy atom. The first kappa shape index (κ1) is 6.79. The quantitative estimate of drug-likeness (QED) is 0.529. The molecule has 0 radical (unpaired) electrons. The van der Waals surface area contributed by atoms with E-state index in [4.69, 9.17) is 0 Å². The van der Waals surface area contributed by atoms with Crippen molar-refractivity contribution < 1.29 is 13.0 Å². The van der Waals surface area contributed by atoms with E-state index in [0.29, 0.717) is 5.41 Å². The molecule has 0 bridgehead atoms. The second-order valence-corrected chi connectivity index (χ2v) is 4.24. The van der Waals surface area contributed by atoms with Crippen LogP contribution in [0.15, 0.2) is 12.0 Å². The van der Waals surface area contributed by atoms with Gasteiger partial charge in [0.05, 0.1) is 0 Å². The first-order chi connectivity index (χ1) is 3.12. The Morgan fingerprint density at radius 2 is 2.00 bits per heavy atom. The Hall–Kier alpha value is -0.210. The van der Waals surface area contributed by atoms with E-state index < -0.39 is 17.1 Å². The van der Waals surface area contributed by atoms with E-state index in [0.717, 1.165) is 0 Å².